The summed E-state index contributed by atoms with van der Waals surface area (Å²) in [5.41, 5.74) is 0.493. The van der Waals surface area contributed by atoms with Crippen molar-refractivity contribution in [2.24, 2.45) is 0 Å². The van der Waals surface area contributed by atoms with Crippen LogP contribution in [0.1, 0.15) is 38.3 Å². The van der Waals surface area contributed by atoms with Crippen molar-refractivity contribution in [3.63, 3.8) is 0 Å². The zero-order valence-corrected chi connectivity index (χ0v) is 17.5. The molecule has 1 N–H and O–H groups in total. The largest absolute Gasteiger partial charge is 0.459 e. The van der Waals surface area contributed by atoms with Crippen LogP contribution in [0.2, 0.25) is 0 Å². The Labute approximate surface area is 179 Å². The number of pyridine rings is 1. The summed E-state index contributed by atoms with van der Waals surface area (Å²) in [6, 6.07) is 10.7. The summed E-state index contributed by atoms with van der Waals surface area (Å²) in [5, 5.41) is 13.1. The maximum absolute atomic E-state index is 12.5. The molecule has 0 fully saturated rings. The summed E-state index contributed by atoms with van der Waals surface area (Å²) in [7, 11) is 0. The van der Waals surface area contributed by atoms with Gasteiger partial charge in [-0.2, -0.15) is 0 Å². The van der Waals surface area contributed by atoms with Gasteiger partial charge in [0.05, 0.1) is 5.56 Å². The van der Waals surface area contributed by atoms with Crippen LogP contribution < -0.4 is 5.32 Å². The van der Waals surface area contributed by atoms with Crippen molar-refractivity contribution in [3.8, 4) is 11.8 Å². The standard InChI is InChI=1S/C22H23N3O6/c1-22(2,3)31-21(27)24-18(20(26)30-15-17-8-5-4-6-9-17)11-7-10-16-12-13-19(23-14-16)25(28)29/h4-6,8-9,12-14,18H,11,15H2,1-3H3,(H,24,27). The molecule has 1 amide bonds. The Morgan fingerprint density at radius 3 is 2.48 bits per heavy atom. The van der Waals surface area contributed by atoms with Gasteiger partial charge in [-0.15, -0.1) is 0 Å². The number of hydrogen-bond acceptors (Lipinski definition) is 7. The van der Waals surface area contributed by atoms with Gasteiger partial charge in [0.1, 0.15) is 18.2 Å². The van der Waals surface area contributed by atoms with Gasteiger partial charge in [0.2, 0.25) is 0 Å². The van der Waals surface area contributed by atoms with Crippen LogP contribution in [0, 0.1) is 22.0 Å². The SMILES string of the molecule is CC(C)(C)OC(=O)NC(CC#Cc1ccc([N+](=O)[O-])nc1)C(=O)OCc1ccccc1. The Morgan fingerprint density at radius 1 is 1.19 bits per heavy atom. The van der Waals surface area contributed by atoms with E-state index in [0.29, 0.717) is 5.56 Å². The van der Waals surface area contributed by atoms with Crippen LogP contribution in [-0.4, -0.2) is 33.6 Å². The highest BCUT2D eigenvalue weighted by molar-refractivity contribution is 5.81. The third-order valence-electron chi connectivity index (χ3n) is 3.67. The molecule has 1 aromatic heterocycles. The molecule has 0 aliphatic rings. The first-order valence-electron chi connectivity index (χ1n) is 9.43. The second-order valence-electron chi connectivity index (χ2n) is 7.46. The van der Waals surface area contributed by atoms with Crippen molar-refractivity contribution in [3.05, 3.63) is 69.9 Å². The van der Waals surface area contributed by atoms with Gasteiger partial charge in [-0.05, 0) is 42.3 Å². The molecule has 162 valence electrons. The number of amides is 1. The second kappa shape index (κ2) is 10.7. The Bertz CT molecular complexity index is 972. The average molecular weight is 425 g/mol. The van der Waals surface area contributed by atoms with Gasteiger partial charge in [-0.1, -0.05) is 42.2 Å². The van der Waals surface area contributed by atoms with Gasteiger partial charge in [-0.25, -0.2) is 9.59 Å². The highest BCUT2D eigenvalue weighted by atomic mass is 16.6. The number of hydrogen-bond donors (Lipinski definition) is 1. The predicted octanol–water partition coefficient (Wildman–Crippen LogP) is 3.37. The molecule has 31 heavy (non-hydrogen) atoms. The summed E-state index contributed by atoms with van der Waals surface area (Å²) in [6.45, 7) is 5.16. The minimum atomic E-state index is -1.06. The lowest BCUT2D eigenvalue weighted by Crippen LogP contribution is -2.44. The number of carbonyl (C=O) groups excluding carboxylic acids is 2. The molecule has 0 radical (unpaired) electrons. The van der Waals surface area contributed by atoms with E-state index in [2.05, 4.69) is 22.1 Å². The number of alkyl carbamates (subject to hydrolysis) is 1. The van der Waals surface area contributed by atoms with Crippen molar-refractivity contribution in [1.82, 2.24) is 10.3 Å². The lowest BCUT2D eigenvalue weighted by Gasteiger charge is -2.22. The van der Waals surface area contributed by atoms with Crippen LogP contribution in [0.15, 0.2) is 48.7 Å². The van der Waals surface area contributed by atoms with E-state index in [-0.39, 0.29) is 18.8 Å². The Hall–Kier alpha value is -3.93. The van der Waals surface area contributed by atoms with E-state index in [1.54, 1.807) is 20.8 Å². The van der Waals surface area contributed by atoms with Crippen molar-refractivity contribution in [2.45, 2.75) is 45.4 Å². The maximum Gasteiger partial charge on any atom is 0.408 e. The van der Waals surface area contributed by atoms with E-state index in [0.717, 1.165) is 5.56 Å². The summed E-state index contributed by atoms with van der Waals surface area (Å²) >= 11 is 0. The molecule has 1 heterocycles. The van der Waals surface area contributed by atoms with E-state index in [4.69, 9.17) is 9.47 Å². The average Bonchev–Trinajstić information content (AvgIpc) is 2.71. The van der Waals surface area contributed by atoms with E-state index in [9.17, 15) is 19.7 Å². The molecular weight excluding hydrogens is 402 g/mol. The summed E-state index contributed by atoms with van der Waals surface area (Å²) < 4.78 is 10.5. The number of nitrogens with zero attached hydrogens (tertiary/aromatic N) is 2. The van der Waals surface area contributed by atoms with Gasteiger partial charge in [0, 0.05) is 12.5 Å². The van der Waals surface area contributed by atoms with Crippen LogP contribution in [0.25, 0.3) is 0 Å². The minimum Gasteiger partial charge on any atom is -0.459 e. The molecule has 9 nitrogen and oxygen atoms in total. The number of benzene rings is 1. The number of rotatable bonds is 6. The predicted molar refractivity (Wildman–Crippen MR) is 112 cm³/mol. The van der Waals surface area contributed by atoms with Gasteiger partial charge in [-0.3, -0.25) is 0 Å². The van der Waals surface area contributed by atoms with Gasteiger partial charge < -0.3 is 24.9 Å². The number of esters is 1. The number of carbonyl (C=O) groups is 2. The Morgan fingerprint density at radius 2 is 1.90 bits per heavy atom. The number of nitrogens with one attached hydrogen (secondary N) is 1. The summed E-state index contributed by atoms with van der Waals surface area (Å²) in [5.74, 6) is 4.57. The van der Waals surface area contributed by atoms with Crippen molar-refractivity contribution in [2.75, 3.05) is 0 Å². The molecule has 0 saturated heterocycles. The Balaban J connectivity index is 2.06. The van der Waals surface area contributed by atoms with E-state index in [1.807, 2.05) is 30.3 Å². The fourth-order valence-corrected chi connectivity index (χ4v) is 2.30. The van der Waals surface area contributed by atoms with E-state index >= 15 is 0 Å². The molecule has 0 aliphatic heterocycles. The fraction of sp³-hybridized carbons (Fsp3) is 0.318. The van der Waals surface area contributed by atoms with Crippen LogP contribution in [0.3, 0.4) is 0 Å². The molecule has 1 aromatic carbocycles. The first kappa shape index (κ1) is 23.3. The molecule has 0 spiro atoms. The van der Waals surface area contributed by atoms with Crippen molar-refractivity contribution < 1.29 is 24.0 Å². The number of ether oxygens (including phenoxy) is 2. The zero-order chi connectivity index (χ0) is 22.9. The maximum atomic E-state index is 12.5. The highest BCUT2D eigenvalue weighted by Crippen LogP contribution is 2.09. The molecule has 0 bridgehead atoms. The van der Waals surface area contributed by atoms with Crippen LogP contribution in [0.4, 0.5) is 10.6 Å². The number of aromatic nitrogens is 1. The molecule has 1 unspecified atom stereocenters. The van der Waals surface area contributed by atoms with Crippen LogP contribution >= 0.6 is 0 Å². The van der Waals surface area contributed by atoms with Crippen LogP contribution in [-0.2, 0) is 20.9 Å². The van der Waals surface area contributed by atoms with E-state index in [1.165, 1.54) is 18.3 Å². The summed E-state index contributed by atoms with van der Waals surface area (Å²) in [4.78, 5) is 38.4. The minimum absolute atomic E-state index is 0.0475. The smallest absolute Gasteiger partial charge is 0.408 e. The topological polar surface area (TPSA) is 121 Å². The van der Waals surface area contributed by atoms with Crippen molar-refractivity contribution in [1.29, 1.82) is 0 Å². The molecule has 9 heteroatoms. The number of nitro groups is 1. The third kappa shape index (κ3) is 8.53. The molecule has 2 aromatic rings. The lowest BCUT2D eigenvalue weighted by molar-refractivity contribution is -0.389. The normalized spacial score (nSPS) is 11.5. The molecular formula is C22H23N3O6. The molecule has 0 aliphatic carbocycles. The van der Waals surface area contributed by atoms with Gasteiger partial charge in [0.25, 0.3) is 0 Å². The van der Waals surface area contributed by atoms with Gasteiger partial charge in [0.15, 0.2) is 6.20 Å². The molecule has 2 rings (SSSR count). The van der Waals surface area contributed by atoms with Crippen LogP contribution in [0.5, 0.6) is 0 Å². The van der Waals surface area contributed by atoms with Crippen molar-refractivity contribution >= 4 is 17.9 Å². The zero-order valence-electron chi connectivity index (χ0n) is 17.5. The fourth-order valence-electron chi connectivity index (χ4n) is 2.30. The monoisotopic (exact) mass is 425 g/mol. The second-order valence-corrected chi connectivity index (χ2v) is 7.46. The Kier molecular flexibility index (Phi) is 8.09. The molecule has 0 saturated carbocycles. The third-order valence-corrected chi connectivity index (χ3v) is 3.67. The van der Waals surface area contributed by atoms with Gasteiger partial charge >= 0.3 is 17.9 Å². The highest BCUT2D eigenvalue weighted by Gasteiger charge is 2.25. The first-order chi connectivity index (χ1) is 14.6. The summed E-state index contributed by atoms with van der Waals surface area (Å²) in [6.07, 6.45) is 0.437. The quantitative estimate of drug-likeness (QED) is 0.326. The van der Waals surface area contributed by atoms with E-state index < -0.39 is 28.6 Å². The molecule has 1 atom stereocenters. The first-order valence-corrected chi connectivity index (χ1v) is 9.43. The lowest BCUT2D eigenvalue weighted by atomic mass is 10.2.